The summed E-state index contributed by atoms with van der Waals surface area (Å²) in [6, 6.07) is 0. The van der Waals surface area contributed by atoms with Crippen LogP contribution in [0.2, 0.25) is 0 Å². The van der Waals surface area contributed by atoms with Gasteiger partial charge in [-0.05, 0) is 44.6 Å². The molecule has 4 heteroatoms. The Morgan fingerprint density at radius 1 is 1.38 bits per heavy atom. The number of aliphatic hydroxyl groups is 1. The van der Waals surface area contributed by atoms with Gasteiger partial charge in [0.1, 0.15) is 0 Å². The Bertz CT molecular complexity index is 186. The van der Waals surface area contributed by atoms with Crippen molar-refractivity contribution in [3.8, 4) is 0 Å². The topological polar surface area (TPSA) is 67.5 Å². The first-order valence-corrected chi connectivity index (χ1v) is 6.34. The molecular formula is C12H26N2O2. The second-order valence-corrected chi connectivity index (χ2v) is 4.78. The Balaban J connectivity index is 2.26. The lowest BCUT2D eigenvalue weighted by atomic mass is 9.94. The predicted octanol–water partition coefficient (Wildman–Crippen LogP) is 0.493. The van der Waals surface area contributed by atoms with Gasteiger partial charge in [0, 0.05) is 20.3 Å². The molecule has 0 aromatic heterocycles. The van der Waals surface area contributed by atoms with Crippen LogP contribution in [0.1, 0.15) is 32.1 Å². The summed E-state index contributed by atoms with van der Waals surface area (Å²) in [5.74, 6) is 0.690. The third-order valence-electron chi connectivity index (χ3n) is 3.44. The fourth-order valence-corrected chi connectivity index (χ4v) is 2.26. The zero-order chi connectivity index (χ0) is 11.9. The number of methoxy groups -OCH3 is 1. The van der Waals surface area contributed by atoms with Gasteiger partial charge in [-0.1, -0.05) is 0 Å². The molecule has 0 spiro atoms. The number of nitrogens with two attached hydrogens (primary N) is 1. The van der Waals surface area contributed by atoms with Crippen molar-refractivity contribution in [2.24, 2.45) is 11.7 Å². The SMILES string of the molecule is COCC(CN)(NCCCCCO)C1CC1. The molecule has 1 fully saturated rings. The van der Waals surface area contributed by atoms with E-state index in [1.807, 2.05) is 0 Å². The number of rotatable bonds is 10. The third kappa shape index (κ3) is 4.01. The number of hydrogen-bond donors (Lipinski definition) is 3. The summed E-state index contributed by atoms with van der Waals surface area (Å²) < 4.78 is 5.30. The molecule has 0 heterocycles. The molecule has 4 nitrogen and oxygen atoms in total. The number of unbranched alkanes of at least 4 members (excludes halogenated alkanes) is 2. The Labute approximate surface area is 98.5 Å². The second kappa shape index (κ2) is 7.22. The van der Waals surface area contributed by atoms with Crippen molar-refractivity contribution in [2.75, 3.05) is 33.4 Å². The first kappa shape index (κ1) is 13.9. The molecule has 0 bridgehead atoms. The lowest BCUT2D eigenvalue weighted by molar-refractivity contribution is 0.0984. The molecular weight excluding hydrogens is 204 g/mol. The summed E-state index contributed by atoms with van der Waals surface area (Å²) in [7, 11) is 1.74. The summed E-state index contributed by atoms with van der Waals surface area (Å²) in [5, 5.41) is 12.3. The molecule has 1 aliphatic carbocycles. The van der Waals surface area contributed by atoms with E-state index in [0.717, 1.165) is 25.8 Å². The molecule has 1 unspecified atom stereocenters. The molecule has 1 atom stereocenters. The van der Waals surface area contributed by atoms with Crippen molar-refractivity contribution >= 4 is 0 Å². The Morgan fingerprint density at radius 2 is 2.12 bits per heavy atom. The highest BCUT2D eigenvalue weighted by Crippen LogP contribution is 2.39. The van der Waals surface area contributed by atoms with E-state index in [0.29, 0.717) is 25.7 Å². The second-order valence-electron chi connectivity index (χ2n) is 4.78. The number of nitrogens with one attached hydrogen (secondary N) is 1. The maximum absolute atomic E-state index is 8.69. The Kier molecular flexibility index (Phi) is 6.28. The molecule has 0 aromatic carbocycles. The van der Waals surface area contributed by atoms with Crippen LogP contribution in [-0.2, 0) is 4.74 Å². The highest BCUT2D eigenvalue weighted by Gasteiger charge is 2.43. The van der Waals surface area contributed by atoms with Crippen LogP contribution in [0.5, 0.6) is 0 Å². The first-order chi connectivity index (χ1) is 7.79. The molecule has 96 valence electrons. The molecule has 0 amide bonds. The van der Waals surface area contributed by atoms with Crippen molar-refractivity contribution in [1.82, 2.24) is 5.32 Å². The average molecular weight is 230 g/mol. The largest absolute Gasteiger partial charge is 0.396 e. The van der Waals surface area contributed by atoms with Crippen LogP contribution in [-0.4, -0.2) is 44.1 Å². The molecule has 1 rings (SSSR count). The number of ether oxygens (including phenoxy) is 1. The van der Waals surface area contributed by atoms with E-state index in [1.165, 1.54) is 12.8 Å². The molecule has 4 N–H and O–H groups in total. The standard InChI is InChI=1S/C12H26N2O2/c1-16-10-12(9-13,11-5-6-11)14-7-3-2-4-8-15/h11,14-15H,2-10,13H2,1H3. The monoisotopic (exact) mass is 230 g/mol. The lowest BCUT2D eigenvalue weighted by Gasteiger charge is -2.33. The quantitative estimate of drug-likeness (QED) is 0.478. The molecule has 0 saturated heterocycles. The summed E-state index contributed by atoms with van der Waals surface area (Å²) >= 11 is 0. The van der Waals surface area contributed by atoms with E-state index in [1.54, 1.807) is 7.11 Å². The maximum Gasteiger partial charge on any atom is 0.0659 e. The molecule has 1 saturated carbocycles. The van der Waals surface area contributed by atoms with Gasteiger partial charge in [0.05, 0.1) is 12.1 Å². The van der Waals surface area contributed by atoms with Gasteiger partial charge in [-0.15, -0.1) is 0 Å². The Hall–Kier alpha value is -0.160. The van der Waals surface area contributed by atoms with Crippen molar-refractivity contribution in [1.29, 1.82) is 0 Å². The van der Waals surface area contributed by atoms with Crippen LogP contribution in [0, 0.1) is 5.92 Å². The van der Waals surface area contributed by atoms with Gasteiger partial charge in [-0.25, -0.2) is 0 Å². The van der Waals surface area contributed by atoms with E-state index < -0.39 is 0 Å². The van der Waals surface area contributed by atoms with Gasteiger partial charge in [0.15, 0.2) is 0 Å². The van der Waals surface area contributed by atoms with Gasteiger partial charge >= 0.3 is 0 Å². The van der Waals surface area contributed by atoms with Crippen LogP contribution in [0.4, 0.5) is 0 Å². The molecule has 0 radical (unpaired) electrons. The van der Waals surface area contributed by atoms with Gasteiger partial charge < -0.3 is 20.9 Å². The fraction of sp³-hybridized carbons (Fsp3) is 1.00. The third-order valence-corrected chi connectivity index (χ3v) is 3.44. The minimum Gasteiger partial charge on any atom is -0.396 e. The predicted molar refractivity (Wildman–Crippen MR) is 65.3 cm³/mol. The van der Waals surface area contributed by atoms with Crippen LogP contribution in [0.15, 0.2) is 0 Å². The van der Waals surface area contributed by atoms with Crippen molar-refractivity contribution in [3.63, 3.8) is 0 Å². The number of hydrogen-bond acceptors (Lipinski definition) is 4. The van der Waals surface area contributed by atoms with Crippen molar-refractivity contribution in [3.05, 3.63) is 0 Å². The average Bonchev–Trinajstić information content (AvgIpc) is 3.11. The van der Waals surface area contributed by atoms with Crippen LogP contribution < -0.4 is 11.1 Å². The minimum absolute atomic E-state index is 0.00599. The lowest BCUT2D eigenvalue weighted by Crippen LogP contribution is -2.56. The van der Waals surface area contributed by atoms with Crippen molar-refractivity contribution in [2.45, 2.75) is 37.6 Å². The summed E-state index contributed by atoms with van der Waals surface area (Å²) in [6.45, 7) is 2.61. The summed E-state index contributed by atoms with van der Waals surface area (Å²) in [6.07, 6.45) is 5.60. The summed E-state index contributed by atoms with van der Waals surface area (Å²) in [5.41, 5.74) is 5.89. The first-order valence-electron chi connectivity index (χ1n) is 6.34. The van der Waals surface area contributed by atoms with E-state index in [4.69, 9.17) is 15.6 Å². The zero-order valence-corrected chi connectivity index (χ0v) is 10.4. The van der Waals surface area contributed by atoms with Gasteiger partial charge in [0.25, 0.3) is 0 Å². The maximum atomic E-state index is 8.69. The van der Waals surface area contributed by atoms with Gasteiger partial charge in [-0.3, -0.25) is 0 Å². The Morgan fingerprint density at radius 3 is 2.62 bits per heavy atom. The molecule has 0 aliphatic heterocycles. The van der Waals surface area contributed by atoms with Gasteiger partial charge in [-0.2, -0.15) is 0 Å². The van der Waals surface area contributed by atoms with Crippen LogP contribution >= 0.6 is 0 Å². The normalized spacial score (nSPS) is 19.7. The molecule has 16 heavy (non-hydrogen) atoms. The van der Waals surface area contributed by atoms with E-state index in [9.17, 15) is 0 Å². The minimum atomic E-state index is -0.00599. The highest BCUT2D eigenvalue weighted by molar-refractivity contribution is 5.01. The van der Waals surface area contributed by atoms with Crippen LogP contribution in [0.3, 0.4) is 0 Å². The van der Waals surface area contributed by atoms with Crippen LogP contribution in [0.25, 0.3) is 0 Å². The van der Waals surface area contributed by atoms with Gasteiger partial charge in [0.2, 0.25) is 0 Å². The smallest absolute Gasteiger partial charge is 0.0659 e. The fourth-order valence-electron chi connectivity index (χ4n) is 2.26. The zero-order valence-electron chi connectivity index (χ0n) is 10.4. The van der Waals surface area contributed by atoms with E-state index in [2.05, 4.69) is 5.32 Å². The highest BCUT2D eigenvalue weighted by atomic mass is 16.5. The van der Waals surface area contributed by atoms with E-state index in [-0.39, 0.29) is 5.54 Å². The summed E-state index contributed by atoms with van der Waals surface area (Å²) in [4.78, 5) is 0. The molecule has 1 aliphatic rings. The molecule has 0 aromatic rings. The van der Waals surface area contributed by atoms with E-state index >= 15 is 0 Å². The number of aliphatic hydroxyl groups excluding tert-OH is 1. The van der Waals surface area contributed by atoms with Crippen molar-refractivity contribution < 1.29 is 9.84 Å².